The van der Waals surface area contributed by atoms with Crippen molar-refractivity contribution in [3.05, 3.63) is 42.1 Å². The van der Waals surface area contributed by atoms with Crippen LogP contribution >= 0.6 is 11.3 Å². The van der Waals surface area contributed by atoms with Gasteiger partial charge in [0.15, 0.2) is 5.96 Å². The maximum Gasteiger partial charge on any atom is 0.236 e. The Morgan fingerprint density at radius 1 is 1.59 bits per heavy atom. The molecular formula is C16H22N4OS. The number of oxazole rings is 1. The minimum atomic E-state index is 0.591. The lowest BCUT2D eigenvalue weighted by molar-refractivity contribution is 0.469. The average Bonchev–Trinajstić information content (AvgIpc) is 3.19. The highest BCUT2D eigenvalue weighted by Crippen LogP contribution is 2.23. The third-order valence-electron chi connectivity index (χ3n) is 3.19. The second-order valence-corrected chi connectivity index (χ2v) is 5.82. The molecule has 118 valence electrons. The Kier molecular flexibility index (Phi) is 6.21. The number of unbranched alkanes of at least 4 members (excludes halogenated alkanes) is 1. The topological polar surface area (TPSA) is 53.7 Å². The highest BCUT2D eigenvalue weighted by atomic mass is 32.1. The second kappa shape index (κ2) is 8.38. The zero-order chi connectivity index (χ0) is 15.8. The number of guanidine groups is 1. The van der Waals surface area contributed by atoms with Crippen LogP contribution in [0, 0.1) is 0 Å². The molecule has 0 saturated carbocycles. The minimum absolute atomic E-state index is 0.591. The average molecular weight is 318 g/mol. The third-order valence-corrected chi connectivity index (χ3v) is 4.04. The number of nitrogens with zero attached hydrogens (tertiary/aromatic N) is 3. The maximum absolute atomic E-state index is 5.51. The van der Waals surface area contributed by atoms with E-state index in [0.29, 0.717) is 12.4 Å². The number of thiophene rings is 1. The summed E-state index contributed by atoms with van der Waals surface area (Å²) in [5, 5.41) is 5.31. The number of nitrogens with one attached hydrogen (secondary N) is 1. The van der Waals surface area contributed by atoms with Crippen LogP contribution in [0.15, 0.2) is 45.8 Å². The number of hydrogen-bond donors (Lipinski definition) is 1. The van der Waals surface area contributed by atoms with Crippen molar-refractivity contribution in [2.45, 2.75) is 19.4 Å². The molecule has 2 heterocycles. The van der Waals surface area contributed by atoms with Gasteiger partial charge in [-0.1, -0.05) is 12.1 Å². The zero-order valence-corrected chi connectivity index (χ0v) is 13.9. The van der Waals surface area contributed by atoms with Gasteiger partial charge in [-0.25, -0.2) is 4.98 Å². The molecule has 6 heteroatoms. The molecule has 0 fully saturated rings. The molecule has 1 N–H and O–H groups in total. The number of aromatic nitrogens is 1. The van der Waals surface area contributed by atoms with Gasteiger partial charge in [-0.15, -0.1) is 17.9 Å². The molecule has 2 aromatic heterocycles. The fraction of sp³-hybridized carbons (Fsp3) is 0.375. The molecule has 2 rings (SSSR count). The molecule has 2 aromatic rings. The summed E-state index contributed by atoms with van der Waals surface area (Å²) in [4.78, 5) is 11.9. The fourth-order valence-electron chi connectivity index (χ4n) is 2.03. The van der Waals surface area contributed by atoms with E-state index >= 15 is 0 Å². The van der Waals surface area contributed by atoms with Gasteiger partial charge < -0.3 is 14.6 Å². The molecule has 0 aromatic carbocycles. The van der Waals surface area contributed by atoms with Gasteiger partial charge in [0, 0.05) is 20.6 Å². The molecule has 0 radical (unpaired) electrons. The van der Waals surface area contributed by atoms with Gasteiger partial charge in [0.1, 0.15) is 6.26 Å². The van der Waals surface area contributed by atoms with E-state index in [1.807, 2.05) is 30.6 Å². The van der Waals surface area contributed by atoms with Crippen LogP contribution in [-0.2, 0) is 6.54 Å². The molecule has 0 aliphatic carbocycles. The lowest BCUT2D eigenvalue weighted by Gasteiger charge is -2.21. The summed E-state index contributed by atoms with van der Waals surface area (Å²) in [6.07, 6.45) is 5.69. The Morgan fingerprint density at radius 2 is 2.45 bits per heavy atom. The molecule has 0 atom stereocenters. The van der Waals surface area contributed by atoms with Gasteiger partial charge in [0.25, 0.3) is 0 Å². The fourth-order valence-corrected chi connectivity index (χ4v) is 2.69. The Morgan fingerprint density at radius 3 is 3.14 bits per heavy atom. The molecular weight excluding hydrogens is 296 g/mol. The van der Waals surface area contributed by atoms with Crippen molar-refractivity contribution in [1.29, 1.82) is 0 Å². The van der Waals surface area contributed by atoms with E-state index < -0.39 is 0 Å². The Hall–Kier alpha value is -2.08. The van der Waals surface area contributed by atoms with E-state index in [-0.39, 0.29) is 0 Å². The standard InChI is InChI=1S/C16H22N4OS/c1-4-5-6-9-20(3)16(17-2)18-11-13-12-21-15(19-13)14-8-7-10-22-14/h4,7-8,10,12H,1,5-6,9,11H2,2-3H3,(H,17,18). The van der Waals surface area contributed by atoms with Gasteiger partial charge in [0.05, 0.1) is 17.1 Å². The predicted octanol–water partition coefficient (Wildman–Crippen LogP) is 3.38. The van der Waals surface area contributed by atoms with E-state index in [9.17, 15) is 0 Å². The summed E-state index contributed by atoms with van der Waals surface area (Å²) in [6, 6.07) is 3.99. The van der Waals surface area contributed by atoms with Crippen LogP contribution in [0.4, 0.5) is 0 Å². The van der Waals surface area contributed by atoms with E-state index in [1.165, 1.54) is 0 Å². The molecule has 0 unspecified atom stereocenters. The monoisotopic (exact) mass is 318 g/mol. The normalized spacial score (nSPS) is 11.5. The first-order valence-electron chi connectivity index (χ1n) is 7.25. The van der Waals surface area contributed by atoms with Crippen LogP contribution in [0.3, 0.4) is 0 Å². The first kappa shape index (κ1) is 16.3. The van der Waals surface area contributed by atoms with Crippen molar-refractivity contribution >= 4 is 17.3 Å². The van der Waals surface area contributed by atoms with Crippen LogP contribution < -0.4 is 5.32 Å². The van der Waals surface area contributed by atoms with E-state index in [0.717, 1.165) is 35.9 Å². The van der Waals surface area contributed by atoms with E-state index in [4.69, 9.17) is 4.42 Å². The highest BCUT2D eigenvalue weighted by molar-refractivity contribution is 7.13. The number of allylic oxidation sites excluding steroid dienone is 1. The van der Waals surface area contributed by atoms with Gasteiger partial charge in [0.2, 0.25) is 5.89 Å². The molecule has 0 spiro atoms. The molecule has 0 aliphatic heterocycles. The van der Waals surface area contributed by atoms with Crippen LogP contribution in [0.25, 0.3) is 10.8 Å². The van der Waals surface area contributed by atoms with Crippen molar-refractivity contribution in [2.24, 2.45) is 4.99 Å². The van der Waals surface area contributed by atoms with Crippen molar-refractivity contribution in [2.75, 3.05) is 20.6 Å². The lowest BCUT2D eigenvalue weighted by atomic mass is 10.3. The number of aliphatic imine (C=N–C) groups is 1. The quantitative estimate of drug-likeness (QED) is 0.368. The van der Waals surface area contributed by atoms with Crippen molar-refractivity contribution < 1.29 is 4.42 Å². The largest absolute Gasteiger partial charge is 0.443 e. The summed E-state index contributed by atoms with van der Waals surface area (Å²) in [5.41, 5.74) is 0.865. The summed E-state index contributed by atoms with van der Waals surface area (Å²) in [6.45, 7) is 5.27. The Labute approximate surface area is 135 Å². The van der Waals surface area contributed by atoms with Gasteiger partial charge in [-0.05, 0) is 24.3 Å². The van der Waals surface area contributed by atoms with Gasteiger partial charge in [-0.2, -0.15) is 0 Å². The molecule has 0 saturated heterocycles. The Balaban J connectivity index is 1.87. The molecule has 0 amide bonds. The summed E-state index contributed by atoms with van der Waals surface area (Å²) < 4.78 is 5.51. The third kappa shape index (κ3) is 4.46. The SMILES string of the molecule is C=CCCCN(C)C(=NC)NCc1coc(-c2cccs2)n1. The predicted molar refractivity (Wildman–Crippen MR) is 92.1 cm³/mol. The first-order valence-corrected chi connectivity index (χ1v) is 8.13. The number of rotatable bonds is 7. The van der Waals surface area contributed by atoms with Gasteiger partial charge in [-0.3, -0.25) is 4.99 Å². The smallest absolute Gasteiger partial charge is 0.236 e. The minimum Gasteiger partial charge on any atom is -0.443 e. The summed E-state index contributed by atoms with van der Waals surface area (Å²) in [5.74, 6) is 1.52. The summed E-state index contributed by atoms with van der Waals surface area (Å²) >= 11 is 1.62. The Bertz CT molecular complexity index is 603. The lowest BCUT2D eigenvalue weighted by Crippen LogP contribution is -2.39. The molecule has 22 heavy (non-hydrogen) atoms. The maximum atomic E-state index is 5.51. The van der Waals surface area contributed by atoms with E-state index in [1.54, 1.807) is 24.6 Å². The van der Waals surface area contributed by atoms with Gasteiger partial charge >= 0.3 is 0 Å². The van der Waals surface area contributed by atoms with Crippen LogP contribution in [0.1, 0.15) is 18.5 Å². The van der Waals surface area contributed by atoms with Crippen LogP contribution in [0.2, 0.25) is 0 Å². The highest BCUT2D eigenvalue weighted by Gasteiger charge is 2.09. The van der Waals surface area contributed by atoms with Crippen LogP contribution in [-0.4, -0.2) is 36.5 Å². The zero-order valence-electron chi connectivity index (χ0n) is 13.1. The van der Waals surface area contributed by atoms with Crippen molar-refractivity contribution in [3.63, 3.8) is 0 Å². The molecule has 0 bridgehead atoms. The first-order chi connectivity index (χ1) is 10.7. The molecule has 5 nitrogen and oxygen atoms in total. The van der Waals surface area contributed by atoms with Crippen LogP contribution in [0.5, 0.6) is 0 Å². The number of hydrogen-bond acceptors (Lipinski definition) is 4. The second-order valence-electron chi connectivity index (χ2n) is 4.87. The van der Waals surface area contributed by atoms with Crippen molar-refractivity contribution in [3.8, 4) is 10.8 Å². The molecule has 0 aliphatic rings. The van der Waals surface area contributed by atoms with E-state index in [2.05, 4.69) is 26.8 Å². The van der Waals surface area contributed by atoms with Crippen molar-refractivity contribution in [1.82, 2.24) is 15.2 Å². The summed E-state index contributed by atoms with van der Waals surface area (Å²) in [7, 11) is 3.81.